The van der Waals surface area contributed by atoms with Crippen molar-refractivity contribution in [2.24, 2.45) is 0 Å². The van der Waals surface area contributed by atoms with Crippen LogP contribution in [-0.4, -0.2) is 83.5 Å². The highest BCUT2D eigenvalue weighted by Crippen LogP contribution is 2.37. The maximum Gasteiger partial charge on any atom is 0.238 e. The summed E-state index contributed by atoms with van der Waals surface area (Å²) in [6.45, 7) is 7.47. The summed E-state index contributed by atoms with van der Waals surface area (Å²) < 4.78 is 35.7. The molecule has 1 amide bonds. The molecule has 41 heavy (non-hydrogen) atoms. The molecule has 1 aromatic heterocycles. The molecule has 0 bridgehead atoms. The first-order valence-corrected chi connectivity index (χ1v) is 14.4. The summed E-state index contributed by atoms with van der Waals surface area (Å²) in [5.74, 6) is 0.256. The number of hydrogen-bond acceptors (Lipinski definition) is 7. The lowest BCUT2D eigenvalue weighted by Crippen LogP contribution is -2.46. The van der Waals surface area contributed by atoms with E-state index in [4.69, 9.17) is 4.74 Å². The van der Waals surface area contributed by atoms with Crippen molar-refractivity contribution in [2.45, 2.75) is 63.2 Å². The molecule has 0 spiro atoms. The van der Waals surface area contributed by atoms with Crippen LogP contribution in [0.4, 0.5) is 14.6 Å². The van der Waals surface area contributed by atoms with Crippen LogP contribution in [0.3, 0.4) is 0 Å². The van der Waals surface area contributed by atoms with Gasteiger partial charge in [-0.15, -0.1) is 5.10 Å². The summed E-state index contributed by atoms with van der Waals surface area (Å²) in [6.07, 6.45) is -1.12. The molecule has 0 aliphatic carbocycles. The van der Waals surface area contributed by atoms with Crippen LogP contribution >= 0.6 is 0 Å². The summed E-state index contributed by atoms with van der Waals surface area (Å²) in [4.78, 5) is 17.7. The van der Waals surface area contributed by atoms with Crippen molar-refractivity contribution in [2.75, 3.05) is 37.6 Å². The van der Waals surface area contributed by atoms with Crippen LogP contribution in [0.5, 0.6) is 0 Å². The highest BCUT2D eigenvalue weighted by Gasteiger charge is 2.52. The maximum absolute atomic E-state index is 15.0. The third kappa shape index (κ3) is 5.98. The number of aromatic amines is 1. The molecular formula is C30H37F2N7O2. The molecule has 2 unspecified atom stereocenters. The number of carbonyl (C=O) groups is 1. The Morgan fingerprint density at radius 3 is 2.63 bits per heavy atom. The number of anilines is 1. The number of hydrogen-bond donors (Lipinski definition) is 3. The zero-order valence-electron chi connectivity index (χ0n) is 23.4. The third-order valence-corrected chi connectivity index (χ3v) is 8.28. The van der Waals surface area contributed by atoms with E-state index in [1.165, 1.54) is 6.07 Å². The van der Waals surface area contributed by atoms with Gasteiger partial charge in [0.25, 0.3) is 0 Å². The normalized spacial score (nSPS) is 25.4. The van der Waals surface area contributed by atoms with Gasteiger partial charge in [-0.3, -0.25) is 9.69 Å². The number of rotatable bonds is 9. The van der Waals surface area contributed by atoms with Crippen molar-refractivity contribution in [1.82, 2.24) is 30.9 Å². The predicted molar refractivity (Wildman–Crippen MR) is 151 cm³/mol. The van der Waals surface area contributed by atoms with Gasteiger partial charge in [-0.05, 0) is 28.7 Å². The summed E-state index contributed by atoms with van der Waals surface area (Å²) in [5, 5.41) is 17.9. The van der Waals surface area contributed by atoms with Crippen LogP contribution < -0.4 is 15.5 Å². The molecule has 218 valence electrons. The molecule has 11 heteroatoms. The average molecular weight is 566 g/mol. The number of epoxide rings is 1. The van der Waals surface area contributed by atoms with Crippen LogP contribution in [-0.2, 0) is 16.0 Å². The molecule has 3 fully saturated rings. The zero-order chi connectivity index (χ0) is 28.5. The standard InChI is InChI=1S/C30H37F2N7O2/c1-18(2)22-9-8-20(14-23(22)32)27(19-6-4-3-5-7-19)34-29(40)25-15-21(31)17-39(25)30-26(41-30)16-24-28(36-37-35-24)38-12-10-33-11-13-38/h3-9,14,18,21,25-27,30,33H,10-13,15-17H2,1-2H3,(H,34,40)(H,35,36,37)/t21-,25+,26?,27+,30?/m1/s1. The Bertz CT molecular complexity index is 1350. The molecule has 5 atom stereocenters. The van der Waals surface area contributed by atoms with E-state index in [0.717, 1.165) is 43.3 Å². The van der Waals surface area contributed by atoms with Gasteiger partial charge in [-0.1, -0.05) is 56.3 Å². The van der Waals surface area contributed by atoms with Crippen molar-refractivity contribution in [1.29, 1.82) is 0 Å². The molecule has 0 saturated carbocycles. The second-order valence-corrected chi connectivity index (χ2v) is 11.4. The van der Waals surface area contributed by atoms with Gasteiger partial charge >= 0.3 is 0 Å². The summed E-state index contributed by atoms with van der Waals surface area (Å²) >= 11 is 0. The van der Waals surface area contributed by atoms with Crippen LogP contribution in [0.1, 0.15) is 54.6 Å². The third-order valence-electron chi connectivity index (χ3n) is 8.28. The second-order valence-electron chi connectivity index (χ2n) is 11.4. The minimum Gasteiger partial charge on any atom is -0.353 e. The summed E-state index contributed by atoms with van der Waals surface area (Å²) in [7, 11) is 0. The van der Waals surface area contributed by atoms with Gasteiger partial charge < -0.3 is 20.3 Å². The van der Waals surface area contributed by atoms with E-state index < -0.39 is 18.3 Å². The quantitative estimate of drug-likeness (QED) is 0.343. The number of halogens is 2. The number of ether oxygens (including phenoxy) is 1. The van der Waals surface area contributed by atoms with Gasteiger partial charge in [0.2, 0.25) is 5.91 Å². The first kappa shape index (κ1) is 27.7. The first-order chi connectivity index (χ1) is 19.9. The summed E-state index contributed by atoms with van der Waals surface area (Å²) in [5.41, 5.74) is 2.90. The lowest BCUT2D eigenvalue weighted by molar-refractivity contribution is -0.126. The fraction of sp³-hybridized carbons (Fsp3) is 0.500. The fourth-order valence-corrected chi connectivity index (χ4v) is 6.06. The Hall–Kier alpha value is -3.41. The van der Waals surface area contributed by atoms with Crippen molar-refractivity contribution in [3.8, 4) is 0 Å². The van der Waals surface area contributed by atoms with Gasteiger partial charge in [0.1, 0.15) is 30.0 Å². The van der Waals surface area contributed by atoms with Crippen molar-refractivity contribution < 1.29 is 18.3 Å². The van der Waals surface area contributed by atoms with Gasteiger partial charge in [-0.2, -0.15) is 10.3 Å². The number of aromatic nitrogens is 3. The number of amides is 1. The van der Waals surface area contributed by atoms with E-state index >= 15 is 0 Å². The minimum atomic E-state index is -1.14. The zero-order valence-corrected chi connectivity index (χ0v) is 23.4. The smallest absolute Gasteiger partial charge is 0.238 e. The van der Waals surface area contributed by atoms with E-state index in [0.29, 0.717) is 17.5 Å². The molecule has 3 aliphatic rings. The molecule has 2 aromatic carbocycles. The molecule has 3 N–H and O–H groups in total. The molecule has 3 aliphatic heterocycles. The Balaban J connectivity index is 1.17. The van der Waals surface area contributed by atoms with Crippen LogP contribution in [0, 0.1) is 5.82 Å². The fourth-order valence-electron chi connectivity index (χ4n) is 6.06. The number of alkyl halides is 1. The molecule has 9 nitrogen and oxygen atoms in total. The monoisotopic (exact) mass is 565 g/mol. The van der Waals surface area contributed by atoms with E-state index in [9.17, 15) is 13.6 Å². The topological polar surface area (TPSA) is 102 Å². The highest BCUT2D eigenvalue weighted by atomic mass is 19.1. The highest BCUT2D eigenvalue weighted by molar-refractivity contribution is 5.83. The number of piperazine rings is 1. The lowest BCUT2D eigenvalue weighted by Gasteiger charge is -2.27. The van der Waals surface area contributed by atoms with E-state index in [1.807, 2.05) is 55.1 Å². The molecule has 0 radical (unpaired) electrons. The number of nitrogens with zero attached hydrogens (tertiary/aromatic N) is 4. The molecule has 3 aromatic rings. The molecule has 6 rings (SSSR count). The Kier molecular flexibility index (Phi) is 8.01. The van der Waals surface area contributed by atoms with Gasteiger partial charge in [0.15, 0.2) is 5.82 Å². The largest absolute Gasteiger partial charge is 0.353 e. The summed E-state index contributed by atoms with van der Waals surface area (Å²) in [6, 6.07) is 13.3. The SMILES string of the molecule is CC(C)c1ccc([C@@H](NC(=O)[C@@H]2C[C@@H](F)CN2C2OC2Cc2n[nH]nc2N2CCNCC2)c2ccccc2)cc1F. The molecule has 4 heterocycles. The van der Waals surface area contributed by atoms with E-state index in [1.54, 1.807) is 6.07 Å². The van der Waals surface area contributed by atoms with Crippen LogP contribution in [0.25, 0.3) is 0 Å². The number of H-pyrrole nitrogens is 1. The van der Waals surface area contributed by atoms with Crippen molar-refractivity contribution in [3.63, 3.8) is 0 Å². The van der Waals surface area contributed by atoms with Crippen molar-refractivity contribution >= 4 is 11.7 Å². The minimum absolute atomic E-state index is 0.0408. The van der Waals surface area contributed by atoms with Gasteiger partial charge in [0, 0.05) is 45.6 Å². The molecule has 3 saturated heterocycles. The lowest BCUT2D eigenvalue weighted by atomic mass is 9.94. The Morgan fingerprint density at radius 1 is 1.12 bits per heavy atom. The van der Waals surface area contributed by atoms with Crippen LogP contribution in [0.2, 0.25) is 0 Å². The van der Waals surface area contributed by atoms with Crippen molar-refractivity contribution in [3.05, 3.63) is 76.7 Å². The Labute approximate surface area is 238 Å². The average Bonchev–Trinajstić information content (AvgIpc) is 3.38. The first-order valence-electron chi connectivity index (χ1n) is 14.4. The van der Waals surface area contributed by atoms with E-state index in [2.05, 4.69) is 30.9 Å². The Morgan fingerprint density at radius 2 is 1.90 bits per heavy atom. The van der Waals surface area contributed by atoms with Crippen LogP contribution in [0.15, 0.2) is 48.5 Å². The van der Waals surface area contributed by atoms with Gasteiger partial charge in [-0.25, -0.2) is 8.78 Å². The second kappa shape index (κ2) is 11.8. The number of benzene rings is 2. The maximum atomic E-state index is 15.0. The van der Waals surface area contributed by atoms with Gasteiger partial charge in [0.05, 0.1) is 12.1 Å². The number of likely N-dealkylation sites (tertiary alicyclic amines) is 1. The molecular weight excluding hydrogens is 528 g/mol. The predicted octanol–water partition coefficient (Wildman–Crippen LogP) is 3.06. The van der Waals surface area contributed by atoms with E-state index in [-0.39, 0.29) is 42.9 Å². The number of carbonyl (C=O) groups excluding carboxylic acids is 1. The number of nitrogens with one attached hydrogen (secondary N) is 3.